The Kier molecular flexibility index (Phi) is 6.29. The van der Waals surface area contributed by atoms with Crippen molar-refractivity contribution in [3.05, 3.63) is 54.0 Å². The molecule has 4 heterocycles. The monoisotopic (exact) mass is 518 g/mol. The molecule has 3 aromatic heterocycles. The molecule has 8 nitrogen and oxygen atoms in total. The number of fused-ring (bicyclic) bond motifs is 2. The predicted octanol–water partition coefficient (Wildman–Crippen LogP) is 3.87. The first kappa shape index (κ1) is 25.3. The largest absolute Gasteiger partial charge is 0.488 e. The molecule has 0 bridgehead atoms. The number of aromatic nitrogens is 4. The molecule has 3 N–H and O–H groups in total. The first-order chi connectivity index (χ1) is 17.4. The number of hydrogen-bond donors (Lipinski definition) is 2. The fourth-order valence-corrected chi connectivity index (χ4v) is 4.56. The molecular formula is C25H26F4N6O2. The maximum atomic E-state index is 14.2. The van der Waals surface area contributed by atoms with Crippen LogP contribution in [-0.4, -0.2) is 67.1 Å². The molecule has 0 amide bonds. The molecule has 37 heavy (non-hydrogen) atoms. The molecule has 1 aromatic carbocycles. The first-order valence-electron chi connectivity index (χ1n) is 11.8. The number of ether oxygens (including phenoxy) is 1. The third-order valence-corrected chi connectivity index (χ3v) is 6.20. The molecule has 1 aliphatic rings. The molecule has 1 unspecified atom stereocenters. The van der Waals surface area contributed by atoms with Gasteiger partial charge in [-0.1, -0.05) is 12.1 Å². The topological polar surface area (TPSA) is 102 Å². The van der Waals surface area contributed by atoms with Crippen molar-refractivity contribution in [1.29, 1.82) is 0 Å². The van der Waals surface area contributed by atoms with Gasteiger partial charge in [-0.2, -0.15) is 13.2 Å². The lowest BCUT2D eigenvalue weighted by atomic mass is 10.1. The van der Waals surface area contributed by atoms with Crippen LogP contribution in [0.25, 0.3) is 28.1 Å². The van der Waals surface area contributed by atoms with Crippen LogP contribution in [0.3, 0.4) is 0 Å². The van der Waals surface area contributed by atoms with Crippen LogP contribution in [-0.2, 0) is 0 Å². The molecular weight excluding hydrogens is 492 g/mol. The van der Waals surface area contributed by atoms with E-state index in [-0.39, 0.29) is 42.9 Å². The summed E-state index contributed by atoms with van der Waals surface area (Å²) in [4.78, 5) is 5.91. The number of nitrogens with two attached hydrogens (primary N) is 1. The van der Waals surface area contributed by atoms with E-state index < -0.39 is 23.6 Å². The molecule has 0 aliphatic carbocycles. The molecule has 1 aliphatic heterocycles. The number of nitrogens with zero attached hydrogens (tertiary/aromatic N) is 5. The lowest BCUT2D eigenvalue weighted by Gasteiger charge is -2.30. The van der Waals surface area contributed by atoms with Crippen LogP contribution < -0.4 is 10.5 Å². The summed E-state index contributed by atoms with van der Waals surface area (Å²) < 4.78 is 63.7. The van der Waals surface area contributed by atoms with Crippen molar-refractivity contribution >= 4 is 16.6 Å². The zero-order valence-electron chi connectivity index (χ0n) is 20.2. The van der Waals surface area contributed by atoms with Gasteiger partial charge in [0.1, 0.15) is 35.4 Å². The Labute approximate surface area is 209 Å². The fourth-order valence-electron chi connectivity index (χ4n) is 4.56. The van der Waals surface area contributed by atoms with Gasteiger partial charge in [0.25, 0.3) is 0 Å². The normalized spacial score (nSPS) is 18.1. The van der Waals surface area contributed by atoms with E-state index in [9.17, 15) is 22.7 Å². The van der Waals surface area contributed by atoms with Crippen LogP contribution in [0.15, 0.2) is 42.6 Å². The summed E-state index contributed by atoms with van der Waals surface area (Å²) in [6, 6.07) is 6.41. The molecule has 2 atom stereocenters. The molecule has 5 rings (SSSR count). The van der Waals surface area contributed by atoms with Gasteiger partial charge in [-0.05, 0) is 44.0 Å². The number of benzene rings is 1. The standard InChI is InChI=1S/C25H26F4N6O2/c1-24(2,36)13-37-19-10-16(26)9-14-3-5-18(31-21(14)19)23-33-32-20-6-4-15(11-35(20)23)22(25(27,28)29)34-8-7-17(30)12-34/h3-6,9-11,17,22,36H,7-8,12-13,30H2,1-2H3/t17?,22-/m1/s1. The van der Waals surface area contributed by atoms with Crippen molar-refractivity contribution in [3.63, 3.8) is 0 Å². The number of hydrogen-bond acceptors (Lipinski definition) is 7. The number of aliphatic hydroxyl groups is 1. The third-order valence-electron chi connectivity index (χ3n) is 6.20. The van der Waals surface area contributed by atoms with Crippen molar-refractivity contribution in [2.45, 2.75) is 44.1 Å². The Balaban J connectivity index is 1.58. The SMILES string of the molecule is CC(C)(O)COc1cc(F)cc2ccc(-c3nnc4ccc([C@@H](N5CCC(N)C5)C(F)(F)F)cn34)nc12. The van der Waals surface area contributed by atoms with Crippen LogP contribution in [0.2, 0.25) is 0 Å². The quantitative estimate of drug-likeness (QED) is 0.374. The molecule has 1 saturated heterocycles. The van der Waals surface area contributed by atoms with Crippen molar-refractivity contribution in [2.75, 3.05) is 19.7 Å². The summed E-state index contributed by atoms with van der Waals surface area (Å²) in [6.07, 6.45) is -2.65. The zero-order chi connectivity index (χ0) is 26.5. The maximum absolute atomic E-state index is 14.2. The van der Waals surface area contributed by atoms with Crippen LogP contribution in [0.1, 0.15) is 31.9 Å². The van der Waals surface area contributed by atoms with Gasteiger partial charge in [-0.25, -0.2) is 9.37 Å². The van der Waals surface area contributed by atoms with Crippen molar-refractivity contribution in [2.24, 2.45) is 5.73 Å². The molecule has 1 fully saturated rings. The minimum absolute atomic E-state index is 0.0345. The Bertz CT molecular complexity index is 1450. The lowest BCUT2D eigenvalue weighted by Crippen LogP contribution is -2.38. The van der Waals surface area contributed by atoms with E-state index in [0.717, 1.165) is 0 Å². The molecule has 196 valence electrons. The summed E-state index contributed by atoms with van der Waals surface area (Å²) in [7, 11) is 0. The smallest absolute Gasteiger partial charge is 0.408 e. The van der Waals surface area contributed by atoms with Crippen LogP contribution in [0, 0.1) is 5.82 Å². The predicted molar refractivity (Wildman–Crippen MR) is 128 cm³/mol. The number of pyridine rings is 2. The van der Waals surface area contributed by atoms with E-state index in [4.69, 9.17) is 10.5 Å². The van der Waals surface area contributed by atoms with E-state index in [1.54, 1.807) is 26.0 Å². The van der Waals surface area contributed by atoms with Crippen molar-refractivity contribution < 1.29 is 27.4 Å². The van der Waals surface area contributed by atoms with Crippen molar-refractivity contribution in [1.82, 2.24) is 24.5 Å². The molecule has 12 heteroatoms. The van der Waals surface area contributed by atoms with E-state index in [1.807, 2.05) is 0 Å². The number of likely N-dealkylation sites (tertiary alicyclic amines) is 1. The van der Waals surface area contributed by atoms with Crippen molar-refractivity contribution in [3.8, 4) is 17.3 Å². The Morgan fingerprint density at radius 3 is 2.62 bits per heavy atom. The van der Waals surface area contributed by atoms with Gasteiger partial charge < -0.3 is 15.6 Å². The van der Waals surface area contributed by atoms with Gasteiger partial charge in [-0.15, -0.1) is 10.2 Å². The fraction of sp³-hybridized carbons (Fsp3) is 0.400. The highest BCUT2D eigenvalue weighted by Gasteiger charge is 2.46. The average molecular weight is 519 g/mol. The summed E-state index contributed by atoms with van der Waals surface area (Å²) >= 11 is 0. The highest BCUT2D eigenvalue weighted by atomic mass is 19.4. The number of alkyl halides is 3. The summed E-state index contributed by atoms with van der Waals surface area (Å²) in [5.74, 6) is -0.197. The van der Waals surface area contributed by atoms with Gasteiger partial charge in [0.05, 0.1) is 5.60 Å². The van der Waals surface area contributed by atoms with E-state index >= 15 is 0 Å². The third kappa shape index (κ3) is 5.22. The van der Waals surface area contributed by atoms with E-state index in [2.05, 4.69) is 15.2 Å². The molecule has 4 aromatic rings. The average Bonchev–Trinajstić information content (AvgIpc) is 3.41. The van der Waals surface area contributed by atoms with Crippen LogP contribution in [0.4, 0.5) is 17.6 Å². The summed E-state index contributed by atoms with van der Waals surface area (Å²) in [5.41, 5.74) is 5.72. The van der Waals surface area contributed by atoms with Gasteiger partial charge in [0, 0.05) is 36.8 Å². The Hall–Kier alpha value is -3.35. The minimum atomic E-state index is -4.51. The Morgan fingerprint density at radius 1 is 1.16 bits per heavy atom. The van der Waals surface area contributed by atoms with Gasteiger partial charge in [0.15, 0.2) is 11.5 Å². The highest BCUT2D eigenvalue weighted by molar-refractivity contribution is 5.86. The lowest BCUT2D eigenvalue weighted by molar-refractivity contribution is -0.183. The van der Waals surface area contributed by atoms with Gasteiger partial charge in [0.2, 0.25) is 0 Å². The number of rotatable bonds is 6. The summed E-state index contributed by atoms with van der Waals surface area (Å²) in [6.45, 7) is 3.39. The zero-order valence-corrected chi connectivity index (χ0v) is 20.2. The second-order valence-corrected chi connectivity index (χ2v) is 9.98. The first-order valence-corrected chi connectivity index (χ1v) is 11.8. The minimum Gasteiger partial charge on any atom is -0.488 e. The van der Waals surface area contributed by atoms with E-state index in [1.165, 1.54) is 39.8 Å². The second-order valence-electron chi connectivity index (χ2n) is 9.98. The van der Waals surface area contributed by atoms with Gasteiger partial charge in [-0.3, -0.25) is 9.30 Å². The molecule has 0 saturated carbocycles. The van der Waals surface area contributed by atoms with Crippen LogP contribution in [0.5, 0.6) is 5.75 Å². The Morgan fingerprint density at radius 2 is 1.95 bits per heavy atom. The number of halogens is 4. The van der Waals surface area contributed by atoms with Gasteiger partial charge >= 0.3 is 6.18 Å². The van der Waals surface area contributed by atoms with Crippen LogP contribution >= 0.6 is 0 Å². The molecule has 0 radical (unpaired) electrons. The molecule has 0 spiro atoms. The second kappa shape index (κ2) is 9.19. The van der Waals surface area contributed by atoms with E-state index in [0.29, 0.717) is 28.7 Å². The highest BCUT2D eigenvalue weighted by Crippen LogP contribution is 2.39. The summed E-state index contributed by atoms with van der Waals surface area (Å²) in [5, 5.41) is 18.7. The maximum Gasteiger partial charge on any atom is 0.408 e.